The van der Waals surface area contributed by atoms with Crippen LogP contribution in [0.25, 0.3) is 0 Å². The predicted octanol–water partition coefficient (Wildman–Crippen LogP) is -0.614. The number of nitrogens with one attached hydrogen (secondary N) is 1. The third kappa shape index (κ3) is 3.06. The van der Waals surface area contributed by atoms with E-state index in [-0.39, 0.29) is 5.91 Å². The van der Waals surface area contributed by atoms with Gasteiger partial charge in [0.2, 0.25) is 11.8 Å². The average Bonchev–Trinajstić information content (AvgIpc) is 1.81. The second-order valence-electron chi connectivity index (χ2n) is 2.06. The van der Waals surface area contributed by atoms with E-state index in [2.05, 4.69) is 5.32 Å². The Morgan fingerprint density at radius 3 is 2.20 bits per heavy atom. The summed E-state index contributed by atoms with van der Waals surface area (Å²) in [5.74, 6) is -0.719. The van der Waals surface area contributed by atoms with E-state index < -0.39 is 11.9 Å². The van der Waals surface area contributed by atoms with Crippen molar-refractivity contribution in [3.05, 3.63) is 0 Å². The Labute approximate surface area is 59.8 Å². The second-order valence-corrected chi connectivity index (χ2v) is 2.06. The smallest absolute Gasteiger partial charge is 0.239 e. The van der Waals surface area contributed by atoms with Crippen LogP contribution in [-0.4, -0.2) is 17.9 Å². The standard InChI is InChI=1S/C6H12N2O2/c1-3-5(6(7)10)8-4(2)9/h5H,3H2,1-2H3,(H2,7,10)(H,8,9)/t5-/m0/s1. The molecule has 0 unspecified atom stereocenters. The summed E-state index contributed by atoms with van der Waals surface area (Å²) in [5, 5.41) is 2.42. The third-order valence-corrected chi connectivity index (χ3v) is 1.13. The highest BCUT2D eigenvalue weighted by Gasteiger charge is 2.12. The van der Waals surface area contributed by atoms with Gasteiger partial charge in [-0.25, -0.2) is 0 Å². The number of hydrogen-bond donors (Lipinski definition) is 2. The normalized spacial score (nSPS) is 12.2. The number of amides is 2. The summed E-state index contributed by atoms with van der Waals surface area (Å²) in [6, 6.07) is -0.516. The molecule has 0 bridgehead atoms. The molecule has 0 aromatic carbocycles. The molecule has 4 heteroatoms. The van der Waals surface area contributed by atoms with Crippen molar-refractivity contribution >= 4 is 11.8 Å². The molecule has 0 aliphatic carbocycles. The van der Waals surface area contributed by atoms with E-state index in [1.807, 2.05) is 0 Å². The van der Waals surface area contributed by atoms with E-state index >= 15 is 0 Å². The van der Waals surface area contributed by atoms with Crippen LogP contribution in [0.15, 0.2) is 0 Å². The van der Waals surface area contributed by atoms with Gasteiger partial charge in [0.25, 0.3) is 0 Å². The van der Waals surface area contributed by atoms with Gasteiger partial charge < -0.3 is 11.1 Å². The molecule has 0 aliphatic rings. The molecule has 0 saturated heterocycles. The van der Waals surface area contributed by atoms with Crippen molar-refractivity contribution in [1.82, 2.24) is 5.32 Å². The van der Waals surface area contributed by atoms with Gasteiger partial charge in [-0.1, -0.05) is 6.92 Å². The van der Waals surface area contributed by atoms with Crippen LogP contribution in [-0.2, 0) is 9.59 Å². The first-order valence-electron chi connectivity index (χ1n) is 3.14. The lowest BCUT2D eigenvalue weighted by Crippen LogP contribution is -2.42. The van der Waals surface area contributed by atoms with Gasteiger partial charge in [-0.2, -0.15) is 0 Å². The van der Waals surface area contributed by atoms with E-state index in [0.717, 1.165) is 0 Å². The van der Waals surface area contributed by atoms with Crippen LogP contribution in [0.5, 0.6) is 0 Å². The Bertz CT molecular complexity index is 145. The summed E-state index contributed by atoms with van der Waals surface area (Å²) in [7, 11) is 0. The van der Waals surface area contributed by atoms with Crippen molar-refractivity contribution in [2.45, 2.75) is 26.3 Å². The summed E-state index contributed by atoms with van der Waals surface area (Å²) < 4.78 is 0. The minimum absolute atomic E-state index is 0.231. The van der Waals surface area contributed by atoms with E-state index in [1.165, 1.54) is 6.92 Å². The molecule has 0 aromatic rings. The molecule has 0 saturated carbocycles. The van der Waals surface area contributed by atoms with Crippen molar-refractivity contribution in [2.75, 3.05) is 0 Å². The van der Waals surface area contributed by atoms with Crippen molar-refractivity contribution in [3.63, 3.8) is 0 Å². The largest absolute Gasteiger partial charge is 0.368 e. The van der Waals surface area contributed by atoms with Gasteiger partial charge in [0.15, 0.2) is 0 Å². The molecule has 10 heavy (non-hydrogen) atoms. The maximum absolute atomic E-state index is 10.5. The molecule has 0 spiro atoms. The molecule has 0 heterocycles. The highest BCUT2D eigenvalue weighted by molar-refractivity contribution is 5.85. The van der Waals surface area contributed by atoms with Gasteiger partial charge in [0, 0.05) is 6.92 Å². The van der Waals surface area contributed by atoms with Crippen LogP contribution < -0.4 is 11.1 Å². The Morgan fingerprint density at radius 1 is 1.60 bits per heavy atom. The number of rotatable bonds is 3. The molecule has 2 amide bonds. The summed E-state index contributed by atoms with van der Waals surface area (Å²) in [5.41, 5.74) is 4.94. The number of carbonyl (C=O) groups is 2. The van der Waals surface area contributed by atoms with Gasteiger partial charge >= 0.3 is 0 Å². The molecule has 0 radical (unpaired) electrons. The van der Waals surface area contributed by atoms with Crippen molar-refractivity contribution in [2.24, 2.45) is 5.73 Å². The zero-order valence-electron chi connectivity index (χ0n) is 6.18. The van der Waals surface area contributed by atoms with Crippen LogP contribution in [0.4, 0.5) is 0 Å². The van der Waals surface area contributed by atoms with Gasteiger partial charge in [0.1, 0.15) is 6.04 Å². The number of nitrogens with two attached hydrogens (primary N) is 1. The quantitative estimate of drug-likeness (QED) is 0.554. The molecular formula is C6H12N2O2. The summed E-state index contributed by atoms with van der Waals surface area (Å²) in [6.07, 6.45) is 0.537. The molecule has 4 nitrogen and oxygen atoms in total. The maximum atomic E-state index is 10.5. The SMILES string of the molecule is CC[C@H](NC(C)=O)C(N)=O. The average molecular weight is 144 g/mol. The van der Waals surface area contributed by atoms with Crippen LogP contribution in [0.1, 0.15) is 20.3 Å². The summed E-state index contributed by atoms with van der Waals surface area (Å²) in [6.45, 7) is 3.14. The fraction of sp³-hybridized carbons (Fsp3) is 0.667. The molecule has 1 atom stereocenters. The van der Waals surface area contributed by atoms with Crippen LogP contribution in [0, 0.1) is 0 Å². The maximum Gasteiger partial charge on any atom is 0.239 e. The van der Waals surface area contributed by atoms with Gasteiger partial charge in [-0.05, 0) is 6.42 Å². The summed E-state index contributed by atoms with van der Waals surface area (Å²) >= 11 is 0. The number of carbonyl (C=O) groups excluding carboxylic acids is 2. The third-order valence-electron chi connectivity index (χ3n) is 1.13. The van der Waals surface area contributed by atoms with Crippen LogP contribution in [0.2, 0.25) is 0 Å². The van der Waals surface area contributed by atoms with E-state index in [0.29, 0.717) is 6.42 Å². The zero-order chi connectivity index (χ0) is 8.15. The monoisotopic (exact) mass is 144 g/mol. The first-order valence-corrected chi connectivity index (χ1v) is 3.14. The lowest BCUT2D eigenvalue weighted by Gasteiger charge is -2.10. The minimum Gasteiger partial charge on any atom is -0.368 e. The van der Waals surface area contributed by atoms with E-state index in [4.69, 9.17) is 5.73 Å². The Kier molecular flexibility index (Phi) is 3.46. The highest BCUT2D eigenvalue weighted by Crippen LogP contribution is 1.87. The van der Waals surface area contributed by atoms with Crippen LogP contribution >= 0.6 is 0 Å². The van der Waals surface area contributed by atoms with Crippen molar-refractivity contribution in [3.8, 4) is 0 Å². The first-order chi connectivity index (χ1) is 4.57. The van der Waals surface area contributed by atoms with Crippen LogP contribution in [0.3, 0.4) is 0 Å². The van der Waals surface area contributed by atoms with Crippen molar-refractivity contribution in [1.29, 1.82) is 0 Å². The minimum atomic E-state index is -0.516. The molecule has 0 rings (SSSR count). The topological polar surface area (TPSA) is 72.2 Å². The predicted molar refractivity (Wildman–Crippen MR) is 37.1 cm³/mol. The number of hydrogen-bond acceptors (Lipinski definition) is 2. The fourth-order valence-electron chi connectivity index (χ4n) is 0.620. The molecule has 3 N–H and O–H groups in total. The molecule has 0 aromatic heterocycles. The highest BCUT2D eigenvalue weighted by atomic mass is 16.2. The van der Waals surface area contributed by atoms with Gasteiger partial charge in [0.05, 0.1) is 0 Å². The van der Waals surface area contributed by atoms with Gasteiger partial charge in [-0.3, -0.25) is 9.59 Å². The fourth-order valence-corrected chi connectivity index (χ4v) is 0.620. The molecule has 58 valence electrons. The lowest BCUT2D eigenvalue weighted by atomic mass is 10.2. The van der Waals surface area contributed by atoms with Crippen molar-refractivity contribution < 1.29 is 9.59 Å². The Balaban J connectivity index is 3.83. The Hall–Kier alpha value is -1.06. The van der Waals surface area contributed by atoms with E-state index in [1.54, 1.807) is 6.92 Å². The second kappa shape index (κ2) is 3.87. The van der Waals surface area contributed by atoms with Gasteiger partial charge in [-0.15, -0.1) is 0 Å². The summed E-state index contributed by atoms with van der Waals surface area (Å²) in [4.78, 5) is 20.9. The first kappa shape index (κ1) is 8.94. The zero-order valence-corrected chi connectivity index (χ0v) is 6.18. The molecule has 0 fully saturated rings. The molecular weight excluding hydrogens is 132 g/mol. The van der Waals surface area contributed by atoms with E-state index in [9.17, 15) is 9.59 Å². The number of primary amides is 1. The molecule has 0 aliphatic heterocycles. The Morgan fingerprint density at radius 2 is 2.10 bits per heavy atom. The lowest BCUT2D eigenvalue weighted by molar-refractivity contribution is -0.126.